The van der Waals surface area contributed by atoms with Crippen LogP contribution in [0.5, 0.6) is 0 Å². The number of rotatable bonds is 4. The molecule has 0 aromatic heterocycles. The molecule has 2 amide bonds. The Hall–Kier alpha value is -2.02. The number of amidine groups is 1. The number of anilines is 2. The van der Waals surface area contributed by atoms with Crippen molar-refractivity contribution in [2.75, 3.05) is 22.5 Å². The molecular formula is C17H13Cl2N3O2S. The Bertz CT molecular complexity index is 857. The molecule has 1 aliphatic rings. The van der Waals surface area contributed by atoms with Gasteiger partial charge in [-0.25, -0.2) is 0 Å². The number of nitrogens with zero attached hydrogens (tertiary/aromatic N) is 2. The second kappa shape index (κ2) is 7.91. The largest absolute Gasteiger partial charge is 0.325 e. The highest BCUT2D eigenvalue weighted by atomic mass is 35.5. The number of hydrogen-bond acceptors (Lipinski definition) is 4. The van der Waals surface area contributed by atoms with Gasteiger partial charge < -0.3 is 5.32 Å². The molecule has 0 atom stereocenters. The van der Waals surface area contributed by atoms with E-state index in [1.807, 2.05) is 0 Å². The van der Waals surface area contributed by atoms with E-state index in [9.17, 15) is 9.59 Å². The van der Waals surface area contributed by atoms with Crippen LogP contribution in [0.15, 0.2) is 53.5 Å². The molecule has 0 bridgehead atoms. The Labute approximate surface area is 159 Å². The standard InChI is InChI=1S/C17H13Cl2N3O2S/c18-11-4-3-5-12(8-11)21-15(23)10-25-17-20-9-16(24)22(17)14-7-2-1-6-13(14)19/h1-8H,9-10H2,(H,21,23). The van der Waals surface area contributed by atoms with Crippen LogP contribution in [0, 0.1) is 0 Å². The summed E-state index contributed by atoms with van der Waals surface area (Å²) in [5, 5.41) is 4.21. The number of amides is 2. The van der Waals surface area contributed by atoms with Crippen molar-refractivity contribution in [3.8, 4) is 0 Å². The van der Waals surface area contributed by atoms with Crippen molar-refractivity contribution in [1.29, 1.82) is 0 Å². The molecule has 0 unspecified atom stereocenters. The number of halogens is 2. The minimum atomic E-state index is -0.214. The average molecular weight is 394 g/mol. The molecule has 1 N–H and O–H groups in total. The van der Waals surface area contributed by atoms with Crippen molar-refractivity contribution in [2.24, 2.45) is 4.99 Å². The topological polar surface area (TPSA) is 61.8 Å². The summed E-state index contributed by atoms with van der Waals surface area (Å²) in [5.41, 5.74) is 1.18. The van der Waals surface area contributed by atoms with Crippen molar-refractivity contribution < 1.29 is 9.59 Å². The van der Waals surface area contributed by atoms with Gasteiger partial charge in [0.1, 0.15) is 6.54 Å². The summed E-state index contributed by atoms with van der Waals surface area (Å²) >= 11 is 13.2. The number of nitrogens with one attached hydrogen (secondary N) is 1. The fourth-order valence-electron chi connectivity index (χ4n) is 2.26. The smallest absolute Gasteiger partial charge is 0.254 e. The maximum atomic E-state index is 12.1. The summed E-state index contributed by atoms with van der Waals surface area (Å²) < 4.78 is 0. The van der Waals surface area contributed by atoms with Crippen LogP contribution in [0.2, 0.25) is 10.0 Å². The van der Waals surface area contributed by atoms with E-state index >= 15 is 0 Å². The van der Waals surface area contributed by atoms with Crippen molar-refractivity contribution in [3.05, 3.63) is 58.6 Å². The lowest BCUT2D eigenvalue weighted by Crippen LogP contribution is -2.31. The zero-order chi connectivity index (χ0) is 17.8. The SMILES string of the molecule is O=C(CSC1=NCC(=O)N1c1ccccc1Cl)Nc1cccc(Cl)c1. The zero-order valence-electron chi connectivity index (χ0n) is 12.9. The van der Waals surface area contributed by atoms with E-state index in [1.165, 1.54) is 16.7 Å². The Morgan fingerprint density at radius 3 is 2.76 bits per heavy atom. The van der Waals surface area contributed by atoms with Gasteiger partial charge in [-0.1, -0.05) is 53.2 Å². The third kappa shape index (κ3) is 4.34. The molecule has 3 rings (SSSR count). The molecule has 0 fully saturated rings. The predicted octanol–water partition coefficient (Wildman–Crippen LogP) is 4.07. The Morgan fingerprint density at radius 1 is 1.20 bits per heavy atom. The van der Waals surface area contributed by atoms with Crippen LogP contribution in [0.1, 0.15) is 0 Å². The maximum Gasteiger partial charge on any atom is 0.254 e. The van der Waals surface area contributed by atoms with E-state index in [2.05, 4.69) is 10.3 Å². The number of hydrogen-bond donors (Lipinski definition) is 1. The van der Waals surface area contributed by atoms with Gasteiger partial charge in [0.2, 0.25) is 5.91 Å². The Morgan fingerprint density at radius 2 is 2.00 bits per heavy atom. The average Bonchev–Trinajstić information content (AvgIpc) is 2.94. The number of carbonyl (C=O) groups excluding carboxylic acids is 2. The number of aliphatic imine (C=N–C) groups is 1. The normalized spacial score (nSPS) is 13.8. The molecular weight excluding hydrogens is 381 g/mol. The molecule has 2 aromatic rings. The van der Waals surface area contributed by atoms with Crippen LogP contribution in [-0.2, 0) is 9.59 Å². The maximum absolute atomic E-state index is 12.1. The summed E-state index contributed by atoms with van der Waals surface area (Å²) in [7, 11) is 0. The molecule has 2 aromatic carbocycles. The molecule has 0 saturated heterocycles. The fourth-order valence-corrected chi connectivity index (χ4v) is 3.49. The van der Waals surface area contributed by atoms with Crippen molar-refractivity contribution in [1.82, 2.24) is 0 Å². The van der Waals surface area contributed by atoms with Crippen LogP contribution < -0.4 is 10.2 Å². The minimum absolute atomic E-state index is 0.0451. The van der Waals surface area contributed by atoms with Gasteiger partial charge in [-0.15, -0.1) is 0 Å². The highest BCUT2D eigenvalue weighted by Gasteiger charge is 2.29. The number of para-hydroxylation sites is 1. The van der Waals surface area contributed by atoms with E-state index in [0.717, 1.165) is 0 Å². The van der Waals surface area contributed by atoms with E-state index < -0.39 is 0 Å². The minimum Gasteiger partial charge on any atom is -0.325 e. The van der Waals surface area contributed by atoms with Crippen LogP contribution >= 0.6 is 35.0 Å². The first-order valence-corrected chi connectivity index (χ1v) is 9.09. The molecule has 5 nitrogen and oxygen atoms in total. The van der Waals surface area contributed by atoms with E-state index in [1.54, 1.807) is 48.5 Å². The molecule has 25 heavy (non-hydrogen) atoms. The Balaban J connectivity index is 1.65. The summed E-state index contributed by atoms with van der Waals surface area (Å²) in [6.07, 6.45) is 0. The summed E-state index contributed by atoms with van der Waals surface area (Å²) in [5.74, 6) is -0.279. The third-order valence-corrected chi connectivity index (χ3v) is 4.86. The second-order valence-electron chi connectivity index (χ2n) is 5.13. The molecule has 0 aliphatic carbocycles. The highest BCUT2D eigenvalue weighted by molar-refractivity contribution is 8.14. The van der Waals surface area contributed by atoms with Gasteiger partial charge in [0.15, 0.2) is 5.17 Å². The molecule has 128 valence electrons. The number of carbonyl (C=O) groups is 2. The molecule has 8 heteroatoms. The quantitative estimate of drug-likeness (QED) is 0.851. The number of thioether (sulfide) groups is 1. The summed E-state index contributed by atoms with van der Waals surface area (Å²) in [6, 6.07) is 13.9. The van der Waals surface area contributed by atoms with Crippen molar-refractivity contribution >= 4 is 63.3 Å². The van der Waals surface area contributed by atoms with Gasteiger partial charge in [-0.05, 0) is 30.3 Å². The monoisotopic (exact) mass is 393 g/mol. The lowest BCUT2D eigenvalue weighted by Gasteiger charge is -2.19. The first-order chi connectivity index (χ1) is 12.0. The lowest BCUT2D eigenvalue weighted by atomic mass is 10.3. The predicted molar refractivity (Wildman–Crippen MR) is 104 cm³/mol. The first-order valence-electron chi connectivity index (χ1n) is 7.35. The van der Waals surface area contributed by atoms with Gasteiger partial charge in [-0.3, -0.25) is 19.5 Å². The van der Waals surface area contributed by atoms with Crippen LogP contribution in [0.25, 0.3) is 0 Å². The zero-order valence-corrected chi connectivity index (χ0v) is 15.2. The molecule has 0 spiro atoms. The first kappa shape index (κ1) is 17.8. The van der Waals surface area contributed by atoms with Gasteiger partial charge in [-0.2, -0.15) is 0 Å². The van der Waals surface area contributed by atoms with Crippen LogP contribution in [0.4, 0.5) is 11.4 Å². The van der Waals surface area contributed by atoms with E-state index in [-0.39, 0.29) is 24.1 Å². The van der Waals surface area contributed by atoms with Gasteiger partial charge >= 0.3 is 0 Å². The van der Waals surface area contributed by atoms with Crippen LogP contribution in [0.3, 0.4) is 0 Å². The number of benzene rings is 2. The fraction of sp³-hybridized carbons (Fsp3) is 0.118. The second-order valence-corrected chi connectivity index (χ2v) is 6.91. The van der Waals surface area contributed by atoms with Gasteiger partial charge in [0.05, 0.1) is 16.5 Å². The Kier molecular flexibility index (Phi) is 5.63. The molecule has 1 heterocycles. The highest BCUT2D eigenvalue weighted by Crippen LogP contribution is 2.30. The van der Waals surface area contributed by atoms with E-state index in [0.29, 0.717) is 26.6 Å². The van der Waals surface area contributed by atoms with Crippen molar-refractivity contribution in [3.63, 3.8) is 0 Å². The lowest BCUT2D eigenvalue weighted by molar-refractivity contribution is -0.116. The van der Waals surface area contributed by atoms with Crippen LogP contribution in [-0.4, -0.2) is 29.3 Å². The molecule has 1 aliphatic heterocycles. The third-order valence-electron chi connectivity index (χ3n) is 3.32. The van der Waals surface area contributed by atoms with E-state index in [4.69, 9.17) is 23.2 Å². The summed E-state index contributed by atoms with van der Waals surface area (Å²) in [6.45, 7) is 0.0451. The van der Waals surface area contributed by atoms with Crippen molar-refractivity contribution in [2.45, 2.75) is 0 Å². The van der Waals surface area contributed by atoms with Gasteiger partial charge in [0.25, 0.3) is 5.91 Å². The summed E-state index contributed by atoms with van der Waals surface area (Å²) in [4.78, 5) is 29.9. The molecule has 0 saturated carbocycles. The van der Waals surface area contributed by atoms with Gasteiger partial charge in [0, 0.05) is 10.7 Å². The molecule has 0 radical (unpaired) electrons.